The quantitative estimate of drug-likeness (QED) is 0.797. The number of carboxylic acid groups (broad SMARTS) is 1. The lowest BCUT2D eigenvalue weighted by Gasteiger charge is -2.03. The zero-order chi connectivity index (χ0) is 10.7. The average molecular weight is 196 g/mol. The molecule has 0 radical (unpaired) electrons. The molecule has 0 aromatic carbocycles. The van der Waals surface area contributed by atoms with Crippen LogP contribution in [-0.4, -0.2) is 20.6 Å². The number of aryl methyl sites for hydroxylation is 2. The summed E-state index contributed by atoms with van der Waals surface area (Å²) in [5, 5.41) is 8.94. The van der Waals surface area contributed by atoms with Gasteiger partial charge in [0.05, 0.1) is 12.0 Å². The minimum atomic E-state index is -0.899. The lowest BCUT2D eigenvalue weighted by molar-refractivity contribution is 0.0685. The Morgan fingerprint density at radius 3 is 2.79 bits per heavy atom. The summed E-state index contributed by atoms with van der Waals surface area (Å²) in [7, 11) is 1.70. The molecular formula is C10H16N2O2. The van der Waals surface area contributed by atoms with E-state index in [2.05, 4.69) is 18.8 Å². The van der Waals surface area contributed by atoms with Gasteiger partial charge in [0.2, 0.25) is 0 Å². The number of hydrogen-bond acceptors (Lipinski definition) is 2. The third-order valence-corrected chi connectivity index (χ3v) is 2.17. The van der Waals surface area contributed by atoms with Crippen LogP contribution >= 0.6 is 0 Å². The number of rotatable bonds is 4. The van der Waals surface area contributed by atoms with Crippen LogP contribution in [0.3, 0.4) is 0 Å². The van der Waals surface area contributed by atoms with Gasteiger partial charge in [-0.1, -0.05) is 13.8 Å². The maximum absolute atomic E-state index is 10.9. The van der Waals surface area contributed by atoms with Gasteiger partial charge in [0.25, 0.3) is 0 Å². The van der Waals surface area contributed by atoms with Gasteiger partial charge in [0.1, 0.15) is 5.69 Å². The number of nitrogens with zero attached hydrogens (tertiary/aromatic N) is 2. The fourth-order valence-electron chi connectivity index (χ4n) is 1.36. The van der Waals surface area contributed by atoms with Crippen LogP contribution in [0, 0.1) is 5.92 Å². The molecule has 0 aliphatic carbocycles. The molecule has 0 aliphatic rings. The standard InChI is InChI=1S/C10H16N2O2/c1-7(2)4-5-8-9(10(13)14)12(3)6-11-8/h6-7H,4-5H2,1-3H3,(H,13,14). The molecule has 0 amide bonds. The molecule has 0 atom stereocenters. The molecule has 1 aromatic heterocycles. The van der Waals surface area contributed by atoms with Crippen molar-refractivity contribution >= 4 is 5.97 Å². The van der Waals surface area contributed by atoms with Gasteiger partial charge < -0.3 is 9.67 Å². The number of hydrogen-bond donors (Lipinski definition) is 1. The van der Waals surface area contributed by atoms with Crippen LogP contribution in [0.15, 0.2) is 6.33 Å². The first-order chi connectivity index (χ1) is 6.52. The minimum Gasteiger partial charge on any atom is -0.477 e. The summed E-state index contributed by atoms with van der Waals surface area (Å²) in [6.45, 7) is 4.23. The monoisotopic (exact) mass is 196 g/mol. The zero-order valence-corrected chi connectivity index (χ0v) is 8.82. The van der Waals surface area contributed by atoms with Crippen LogP contribution in [0.1, 0.15) is 36.5 Å². The number of imidazole rings is 1. The van der Waals surface area contributed by atoms with Crippen molar-refractivity contribution in [1.82, 2.24) is 9.55 Å². The highest BCUT2D eigenvalue weighted by Crippen LogP contribution is 2.12. The lowest BCUT2D eigenvalue weighted by Crippen LogP contribution is -2.07. The van der Waals surface area contributed by atoms with Crippen LogP contribution in [-0.2, 0) is 13.5 Å². The van der Waals surface area contributed by atoms with E-state index in [1.807, 2.05) is 0 Å². The molecule has 1 aromatic rings. The van der Waals surface area contributed by atoms with Gasteiger partial charge in [-0.2, -0.15) is 0 Å². The molecule has 1 rings (SSSR count). The highest BCUT2D eigenvalue weighted by atomic mass is 16.4. The minimum absolute atomic E-state index is 0.311. The number of carboxylic acids is 1. The van der Waals surface area contributed by atoms with E-state index in [1.54, 1.807) is 17.9 Å². The molecule has 0 saturated carbocycles. The summed E-state index contributed by atoms with van der Waals surface area (Å²) in [5.74, 6) is -0.331. The van der Waals surface area contributed by atoms with E-state index in [0.717, 1.165) is 12.8 Å². The molecule has 0 saturated heterocycles. The van der Waals surface area contributed by atoms with Crippen molar-refractivity contribution in [3.05, 3.63) is 17.7 Å². The molecule has 0 unspecified atom stereocenters. The molecule has 14 heavy (non-hydrogen) atoms. The summed E-state index contributed by atoms with van der Waals surface area (Å²) in [4.78, 5) is 15.0. The van der Waals surface area contributed by atoms with Gasteiger partial charge in [-0.05, 0) is 18.8 Å². The van der Waals surface area contributed by atoms with Gasteiger partial charge in [-0.15, -0.1) is 0 Å². The number of aromatic nitrogens is 2. The summed E-state index contributed by atoms with van der Waals surface area (Å²) in [5.41, 5.74) is 0.999. The summed E-state index contributed by atoms with van der Waals surface area (Å²) in [6, 6.07) is 0. The summed E-state index contributed by atoms with van der Waals surface area (Å²) in [6.07, 6.45) is 3.26. The first-order valence-electron chi connectivity index (χ1n) is 4.76. The smallest absolute Gasteiger partial charge is 0.354 e. The first kappa shape index (κ1) is 10.8. The summed E-state index contributed by atoms with van der Waals surface area (Å²) >= 11 is 0. The average Bonchev–Trinajstić information content (AvgIpc) is 2.43. The molecule has 1 heterocycles. The van der Waals surface area contributed by atoms with Gasteiger partial charge in [0, 0.05) is 7.05 Å². The molecule has 0 fully saturated rings. The van der Waals surface area contributed by atoms with Crippen molar-refractivity contribution in [2.75, 3.05) is 0 Å². The predicted molar refractivity (Wildman–Crippen MR) is 53.3 cm³/mol. The fraction of sp³-hybridized carbons (Fsp3) is 0.600. The first-order valence-corrected chi connectivity index (χ1v) is 4.76. The zero-order valence-electron chi connectivity index (χ0n) is 8.82. The molecule has 0 aliphatic heterocycles. The van der Waals surface area contributed by atoms with Gasteiger partial charge >= 0.3 is 5.97 Å². The molecule has 4 nitrogen and oxygen atoms in total. The highest BCUT2D eigenvalue weighted by Gasteiger charge is 2.15. The van der Waals surface area contributed by atoms with E-state index in [-0.39, 0.29) is 0 Å². The third-order valence-electron chi connectivity index (χ3n) is 2.17. The van der Waals surface area contributed by atoms with E-state index in [9.17, 15) is 4.79 Å². The second kappa shape index (κ2) is 4.26. The van der Waals surface area contributed by atoms with E-state index < -0.39 is 5.97 Å². The molecule has 0 bridgehead atoms. The van der Waals surface area contributed by atoms with Gasteiger partial charge in [-0.25, -0.2) is 9.78 Å². The van der Waals surface area contributed by atoms with Crippen molar-refractivity contribution in [3.63, 3.8) is 0 Å². The molecular weight excluding hydrogens is 180 g/mol. The van der Waals surface area contributed by atoms with Gasteiger partial charge in [0.15, 0.2) is 0 Å². The van der Waals surface area contributed by atoms with Crippen LogP contribution in [0.5, 0.6) is 0 Å². The Bertz CT molecular complexity index is 329. The van der Waals surface area contributed by atoms with E-state index >= 15 is 0 Å². The lowest BCUT2D eigenvalue weighted by atomic mass is 10.1. The second-order valence-electron chi connectivity index (χ2n) is 3.89. The molecule has 4 heteroatoms. The number of carbonyl (C=O) groups is 1. The van der Waals surface area contributed by atoms with Crippen molar-refractivity contribution in [2.45, 2.75) is 26.7 Å². The van der Waals surface area contributed by atoms with Crippen molar-refractivity contribution in [1.29, 1.82) is 0 Å². The molecule has 0 spiro atoms. The topological polar surface area (TPSA) is 55.1 Å². The Morgan fingerprint density at radius 2 is 2.29 bits per heavy atom. The van der Waals surface area contributed by atoms with E-state index in [1.165, 1.54) is 0 Å². The van der Waals surface area contributed by atoms with Crippen molar-refractivity contribution < 1.29 is 9.90 Å². The number of aromatic carboxylic acids is 1. The van der Waals surface area contributed by atoms with Crippen LogP contribution in [0.4, 0.5) is 0 Å². The Labute approximate surface area is 83.6 Å². The maximum Gasteiger partial charge on any atom is 0.354 e. The van der Waals surface area contributed by atoms with Crippen LogP contribution in [0.2, 0.25) is 0 Å². The fourth-order valence-corrected chi connectivity index (χ4v) is 1.36. The molecule has 78 valence electrons. The Balaban J connectivity index is 2.81. The Hall–Kier alpha value is -1.32. The normalized spacial score (nSPS) is 10.9. The second-order valence-corrected chi connectivity index (χ2v) is 3.89. The van der Waals surface area contributed by atoms with Crippen molar-refractivity contribution in [2.24, 2.45) is 13.0 Å². The maximum atomic E-state index is 10.9. The van der Waals surface area contributed by atoms with E-state index in [0.29, 0.717) is 17.3 Å². The van der Waals surface area contributed by atoms with Crippen LogP contribution in [0.25, 0.3) is 0 Å². The Morgan fingerprint density at radius 1 is 1.64 bits per heavy atom. The SMILES string of the molecule is CC(C)CCc1ncn(C)c1C(=O)O. The third kappa shape index (κ3) is 2.34. The predicted octanol–water partition coefficient (Wildman–Crippen LogP) is 1.71. The Kier molecular flexibility index (Phi) is 3.28. The van der Waals surface area contributed by atoms with Crippen LogP contribution < -0.4 is 0 Å². The van der Waals surface area contributed by atoms with E-state index in [4.69, 9.17) is 5.11 Å². The molecule has 1 N–H and O–H groups in total. The largest absolute Gasteiger partial charge is 0.477 e. The summed E-state index contributed by atoms with van der Waals surface area (Å²) < 4.78 is 1.55. The van der Waals surface area contributed by atoms with Gasteiger partial charge in [-0.3, -0.25) is 0 Å². The van der Waals surface area contributed by atoms with Crippen molar-refractivity contribution in [3.8, 4) is 0 Å². The highest BCUT2D eigenvalue weighted by molar-refractivity contribution is 5.87.